The van der Waals surface area contributed by atoms with E-state index in [0.29, 0.717) is 4.88 Å². The van der Waals surface area contributed by atoms with E-state index >= 15 is 0 Å². The number of alkyl halides is 3. The Kier molecular flexibility index (Phi) is 6.00. The quantitative estimate of drug-likeness (QED) is 0.656. The first-order chi connectivity index (χ1) is 12.1. The van der Waals surface area contributed by atoms with Crippen molar-refractivity contribution in [2.75, 3.05) is 6.54 Å². The van der Waals surface area contributed by atoms with Crippen LogP contribution in [0.15, 0.2) is 46.7 Å². The molecular formula is C14H12F3N3O4S2. The summed E-state index contributed by atoms with van der Waals surface area (Å²) >= 11 is 1.15. The van der Waals surface area contributed by atoms with Gasteiger partial charge < -0.3 is 0 Å². The van der Waals surface area contributed by atoms with Gasteiger partial charge in [-0.25, -0.2) is 13.1 Å². The summed E-state index contributed by atoms with van der Waals surface area (Å²) in [5, 5.41) is 1.67. The van der Waals surface area contributed by atoms with E-state index in [0.717, 1.165) is 23.5 Å². The molecule has 2 amide bonds. The zero-order valence-electron chi connectivity index (χ0n) is 12.8. The summed E-state index contributed by atoms with van der Waals surface area (Å²) < 4.78 is 61.6. The fourth-order valence-electron chi connectivity index (χ4n) is 1.72. The standard InChI is InChI=1S/C14H12F3N3O4S2/c15-14(16,17)8-18-26(23,24)10-4-1-3-9(7-10)12(21)19-20-13(22)11-5-2-6-25-11/h1-7,18H,8H2,(H,19,21)(H,20,22). The van der Waals surface area contributed by atoms with Crippen molar-refractivity contribution in [1.29, 1.82) is 0 Å². The molecule has 2 rings (SSSR count). The molecule has 0 saturated carbocycles. The van der Waals surface area contributed by atoms with Crippen molar-refractivity contribution >= 4 is 33.2 Å². The number of halogens is 3. The number of benzene rings is 1. The van der Waals surface area contributed by atoms with E-state index in [1.807, 2.05) is 0 Å². The van der Waals surface area contributed by atoms with E-state index in [4.69, 9.17) is 0 Å². The van der Waals surface area contributed by atoms with Gasteiger partial charge in [0.2, 0.25) is 10.0 Å². The maximum Gasteiger partial charge on any atom is 0.402 e. The lowest BCUT2D eigenvalue weighted by atomic mass is 10.2. The van der Waals surface area contributed by atoms with E-state index < -0.39 is 39.5 Å². The first-order valence-corrected chi connectivity index (χ1v) is 9.25. The molecule has 1 heterocycles. The summed E-state index contributed by atoms with van der Waals surface area (Å²) in [6, 6.07) is 7.55. The number of hydrazine groups is 1. The third-order valence-electron chi connectivity index (χ3n) is 2.90. The highest BCUT2D eigenvalue weighted by Crippen LogP contribution is 2.16. The molecule has 3 N–H and O–H groups in total. The first-order valence-electron chi connectivity index (χ1n) is 6.89. The Morgan fingerprint density at radius 3 is 2.35 bits per heavy atom. The van der Waals surface area contributed by atoms with Gasteiger partial charge in [-0.05, 0) is 29.6 Å². The van der Waals surface area contributed by atoms with Crippen LogP contribution in [0, 0.1) is 0 Å². The predicted octanol–water partition coefficient (Wildman–Crippen LogP) is 1.66. The number of amides is 2. The minimum atomic E-state index is -4.71. The molecular weight excluding hydrogens is 395 g/mol. The zero-order valence-corrected chi connectivity index (χ0v) is 14.5. The summed E-state index contributed by atoms with van der Waals surface area (Å²) in [4.78, 5) is 23.5. The molecule has 0 atom stereocenters. The van der Waals surface area contributed by atoms with E-state index in [2.05, 4.69) is 10.9 Å². The summed E-state index contributed by atoms with van der Waals surface area (Å²) in [6.07, 6.45) is -4.71. The van der Waals surface area contributed by atoms with Crippen LogP contribution in [0.1, 0.15) is 20.0 Å². The molecule has 12 heteroatoms. The average molecular weight is 407 g/mol. The number of rotatable bonds is 5. The lowest BCUT2D eigenvalue weighted by Crippen LogP contribution is -2.41. The first kappa shape index (κ1) is 19.9. The minimum Gasteiger partial charge on any atom is -0.267 e. The molecule has 0 radical (unpaired) electrons. The summed E-state index contributed by atoms with van der Waals surface area (Å²) in [5.74, 6) is -1.40. The van der Waals surface area contributed by atoms with E-state index in [-0.39, 0.29) is 5.56 Å². The molecule has 0 saturated heterocycles. The topological polar surface area (TPSA) is 104 Å². The molecule has 0 fully saturated rings. The molecule has 26 heavy (non-hydrogen) atoms. The highest BCUT2D eigenvalue weighted by atomic mass is 32.2. The number of hydrogen-bond acceptors (Lipinski definition) is 5. The average Bonchev–Trinajstić information content (AvgIpc) is 3.12. The second-order valence-corrected chi connectivity index (χ2v) is 7.57. The van der Waals surface area contributed by atoms with E-state index in [1.165, 1.54) is 22.9 Å². The van der Waals surface area contributed by atoms with Crippen molar-refractivity contribution in [3.63, 3.8) is 0 Å². The second kappa shape index (κ2) is 7.85. The lowest BCUT2D eigenvalue weighted by molar-refractivity contribution is -0.121. The van der Waals surface area contributed by atoms with Crippen LogP contribution in [-0.4, -0.2) is 33.0 Å². The zero-order chi connectivity index (χ0) is 19.4. The molecule has 0 aliphatic heterocycles. The number of sulfonamides is 1. The van der Waals surface area contributed by atoms with Crippen LogP contribution in [0.5, 0.6) is 0 Å². The Hall–Kier alpha value is -2.44. The predicted molar refractivity (Wildman–Crippen MR) is 86.9 cm³/mol. The van der Waals surface area contributed by atoms with Crippen LogP contribution in [0.25, 0.3) is 0 Å². The van der Waals surface area contributed by atoms with Crippen LogP contribution >= 0.6 is 11.3 Å². The largest absolute Gasteiger partial charge is 0.402 e. The summed E-state index contributed by atoms with van der Waals surface area (Å²) in [5.41, 5.74) is 4.08. The van der Waals surface area contributed by atoms with Gasteiger partial charge in [-0.3, -0.25) is 20.4 Å². The van der Waals surface area contributed by atoms with Gasteiger partial charge in [-0.15, -0.1) is 11.3 Å². The van der Waals surface area contributed by atoms with Crippen LogP contribution in [0.3, 0.4) is 0 Å². The van der Waals surface area contributed by atoms with Crippen molar-refractivity contribution in [2.24, 2.45) is 0 Å². The molecule has 7 nitrogen and oxygen atoms in total. The van der Waals surface area contributed by atoms with Gasteiger partial charge in [0.25, 0.3) is 11.8 Å². The number of hydrogen-bond donors (Lipinski definition) is 3. The number of carbonyl (C=O) groups is 2. The molecule has 0 bridgehead atoms. The molecule has 0 unspecified atom stereocenters. The minimum absolute atomic E-state index is 0.161. The Bertz CT molecular complexity index is 896. The fourth-order valence-corrected chi connectivity index (χ4v) is 3.40. The van der Waals surface area contributed by atoms with Crippen molar-refractivity contribution in [1.82, 2.24) is 15.6 Å². The smallest absolute Gasteiger partial charge is 0.267 e. The molecule has 2 aromatic rings. The molecule has 1 aromatic carbocycles. The number of carbonyl (C=O) groups excluding carboxylic acids is 2. The second-order valence-electron chi connectivity index (χ2n) is 4.85. The molecule has 0 aliphatic rings. The summed E-state index contributed by atoms with van der Waals surface area (Å²) in [7, 11) is -4.45. The lowest BCUT2D eigenvalue weighted by Gasteiger charge is -2.10. The number of thiophene rings is 1. The van der Waals surface area contributed by atoms with Gasteiger partial charge >= 0.3 is 6.18 Å². The van der Waals surface area contributed by atoms with E-state index in [9.17, 15) is 31.2 Å². The normalized spacial score (nSPS) is 11.8. The molecule has 0 spiro atoms. The monoisotopic (exact) mass is 407 g/mol. The van der Waals surface area contributed by atoms with Crippen LogP contribution in [0.2, 0.25) is 0 Å². The summed E-state index contributed by atoms with van der Waals surface area (Å²) in [6.45, 7) is -1.73. The third-order valence-corrected chi connectivity index (χ3v) is 5.17. The number of nitrogens with one attached hydrogen (secondary N) is 3. The van der Waals surface area contributed by atoms with Crippen molar-refractivity contribution in [2.45, 2.75) is 11.1 Å². The SMILES string of the molecule is O=C(NNC(=O)c1cccs1)c1cccc(S(=O)(=O)NCC(F)(F)F)c1. The Labute approximate surface area is 150 Å². The van der Waals surface area contributed by atoms with Gasteiger partial charge in [0.05, 0.1) is 9.77 Å². The van der Waals surface area contributed by atoms with Crippen LogP contribution < -0.4 is 15.6 Å². The van der Waals surface area contributed by atoms with Crippen LogP contribution in [-0.2, 0) is 10.0 Å². The van der Waals surface area contributed by atoms with Gasteiger partial charge in [0.15, 0.2) is 0 Å². The van der Waals surface area contributed by atoms with Crippen molar-refractivity contribution in [3.05, 3.63) is 52.2 Å². The highest BCUT2D eigenvalue weighted by Gasteiger charge is 2.30. The van der Waals surface area contributed by atoms with Gasteiger partial charge in [-0.2, -0.15) is 13.2 Å². The molecule has 0 aliphatic carbocycles. The molecule has 1 aromatic heterocycles. The van der Waals surface area contributed by atoms with Gasteiger partial charge in [0.1, 0.15) is 6.54 Å². The fraction of sp³-hybridized carbons (Fsp3) is 0.143. The Balaban J connectivity index is 2.05. The van der Waals surface area contributed by atoms with Crippen molar-refractivity contribution in [3.8, 4) is 0 Å². The van der Waals surface area contributed by atoms with E-state index in [1.54, 1.807) is 11.4 Å². The van der Waals surface area contributed by atoms with Crippen LogP contribution in [0.4, 0.5) is 13.2 Å². The highest BCUT2D eigenvalue weighted by molar-refractivity contribution is 7.89. The van der Waals surface area contributed by atoms with Gasteiger partial charge in [-0.1, -0.05) is 12.1 Å². The van der Waals surface area contributed by atoms with Gasteiger partial charge in [0, 0.05) is 5.56 Å². The third kappa shape index (κ3) is 5.54. The maximum absolute atomic E-state index is 12.2. The maximum atomic E-state index is 12.2. The van der Waals surface area contributed by atoms with Crippen molar-refractivity contribution < 1.29 is 31.2 Å². The Morgan fingerprint density at radius 2 is 1.73 bits per heavy atom. The molecule has 140 valence electrons. The Morgan fingerprint density at radius 1 is 1.04 bits per heavy atom.